The smallest absolute Gasteiger partial charge is 0.354 e. The second-order valence-electron chi connectivity index (χ2n) is 6.34. The Hall–Kier alpha value is -0.820. The summed E-state index contributed by atoms with van der Waals surface area (Å²) in [5.74, 6) is 0.327. The van der Waals surface area contributed by atoms with Crippen LogP contribution in [-0.4, -0.2) is 55.7 Å². The van der Waals surface area contributed by atoms with Crippen molar-refractivity contribution in [1.29, 1.82) is 0 Å². The van der Waals surface area contributed by atoms with Crippen LogP contribution in [0.4, 0.5) is 13.2 Å². The van der Waals surface area contributed by atoms with Gasteiger partial charge in [-0.3, -0.25) is 9.69 Å². The normalized spacial score (nSPS) is 22.7. The van der Waals surface area contributed by atoms with Crippen molar-refractivity contribution in [2.24, 2.45) is 5.92 Å². The van der Waals surface area contributed by atoms with Crippen LogP contribution in [-0.2, 0) is 4.79 Å². The summed E-state index contributed by atoms with van der Waals surface area (Å²) in [6, 6.07) is -1.58. The fourth-order valence-corrected chi connectivity index (χ4v) is 3.38. The van der Waals surface area contributed by atoms with Crippen LogP contribution in [0.2, 0.25) is 0 Å². The number of halogens is 3. The maximum atomic E-state index is 13.2. The summed E-state index contributed by atoms with van der Waals surface area (Å²) in [4.78, 5) is 13.2. The van der Waals surface area contributed by atoms with E-state index in [0.717, 1.165) is 19.3 Å². The van der Waals surface area contributed by atoms with Gasteiger partial charge in [0.15, 0.2) is 0 Å². The maximum Gasteiger partial charge on any atom is 0.405 e. The van der Waals surface area contributed by atoms with Crippen LogP contribution in [0, 0.1) is 5.92 Å². The van der Waals surface area contributed by atoms with Gasteiger partial charge in [0.05, 0.1) is 0 Å². The zero-order valence-electron chi connectivity index (χ0n) is 12.9. The van der Waals surface area contributed by atoms with Crippen molar-refractivity contribution in [3.8, 4) is 0 Å². The minimum absolute atomic E-state index is 0.253. The number of nitrogens with zero attached hydrogens (tertiary/aromatic N) is 1. The summed E-state index contributed by atoms with van der Waals surface area (Å²) in [6.45, 7) is 1.50. The Bertz CT molecular complexity index is 350. The number of rotatable bonds is 6. The van der Waals surface area contributed by atoms with Gasteiger partial charge in [-0.05, 0) is 12.3 Å². The molecule has 1 unspecified atom stereocenters. The molecule has 1 aliphatic carbocycles. The van der Waals surface area contributed by atoms with Gasteiger partial charge >= 0.3 is 6.18 Å². The van der Waals surface area contributed by atoms with Crippen molar-refractivity contribution in [1.82, 2.24) is 15.5 Å². The monoisotopic (exact) mass is 321 g/mol. The number of hydrogen-bond acceptors (Lipinski definition) is 3. The number of alkyl halides is 3. The van der Waals surface area contributed by atoms with Gasteiger partial charge in [-0.25, -0.2) is 0 Å². The quantitative estimate of drug-likeness (QED) is 0.785. The lowest BCUT2D eigenvalue weighted by Gasteiger charge is -2.35. The number of carbonyl (C=O) groups excluding carboxylic acids is 1. The molecule has 1 heterocycles. The van der Waals surface area contributed by atoms with Crippen LogP contribution < -0.4 is 10.6 Å². The van der Waals surface area contributed by atoms with Crippen LogP contribution in [0.3, 0.4) is 0 Å². The van der Waals surface area contributed by atoms with E-state index in [1.807, 2.05) is 0 Å². The Morgan fingerprint density at radius 3 is 2.45 bits per heavy atom. The van der Waals surface area contributed by atoms with Crippen LogP contribution >= 0.6 is 0 Å². The summed E-state index contributed by atoms with van der Waals surface area (Å²) in [7, 11) is 0. The highest BCUT2D eigenvalue weighted by Gasteiger charge is 2.43. The highest BCUT2D eigenvalue weighted by molar-refractivity contribution is 5.75. The van der Waals surface area contributed by atoms with Crippen molar-refractivity contribution in [2.75, 3.05) is 32.7 Å². The summed E-state index contributed by atoms with van der Waals surface area (Å²) < 4.78 is 39.5. The van der Waals surface area contributed by atoms with Crippen LogP contribution in [0.25, 0.3) is 0 Å². The molecule has 1 saturated heterocycles. The first kappa shape index (κ1) is 17.5. The summed E-state index contributed by atoms with van der Waals surface area (Å²) >= 11 is 0. The Balaban J connectivity index is 1.75. The molecule has 22 heavy (non-hydrogen) atoms. The van der Waals surface area contributed by atoms with Crippen molar-refractivity contribution in [2.45, 2.75) is 50.7 Å². The third-order valence-electron chi connectivity index (χ3n) is 4.72. The molecule has 2 rings (SSSR count). The van der Waals surface area contributed by atoms with Gasteiger partial charge in [-0.1, -0.05) is 25.7 Å². The lowest BCUT2D eigenvalue weighted by atomic mass is 10.0. The zero-order valence-corrected chi connectivity index (χ0v) is 12.9. The summed E-state index contributed by atoms with van der Waals surface area (Å²) in [5, 5.41) is 5.53. The Morgan fingerprint density at radius 1 is 1.23 bits per heavy atom. The third kappa shape index (κ3) is 5.43. The second-order valence-corrected chi connectivity index (χ2v) is 6.34. The minimum Gasteiger partial charge on any atom is -0.354 e. The van der Waals surface area contributed by atoms with Crippen LogP contribution in [0.1, 0.15) is 38.5 Å². The highest BCUT2D eigenvalue weighted by atomic mass is 19.4. The standard InChI is InChI=1S/C15H26F3N3O/c16-15(17,18)13(21-9-7-19-8-10-21)11-20-14(22)6-5-12-3-1-2-4-12/h12-13,19H,1-11H2,(H,20,22). The minimum atomic E-state index is -4.31. The van der Waals surface area contributed by atoms with Crippen LogP contribution in [0.5, 0.6) is 0 Å². The van der Waals surface area contributed by atoms with Crippen molar-refractivity contribution < 1.29 is 18.0 Å². The number of nitrogens with one attached hydrogen (secondary N) is 2. The first-order valence-corrected chi connectivity index (χ1v) is 8.25. The van der Waals surface area contributed by atoms with Gasteiger partial charge in [0.1, 0.15) is 6.04 Å². The number of hydrogen-bond donors (Lipinski definition) is 2. The van der Waals surface area contributed by atoms with E-state index in [1.165, 1.54) is 17.7 Å². The number of carbonyl (C=O) groups is 1. The Labute approximate surface area is 129 Å². The van der Waals surface area contributed by atoms with E-state index in [9.17, 15) is 18.0 Å². The van der Waals surface area contributed by atoms with E-state index in [0.29, 0.717) is 38.5 Å². The molecule has 1 aliphatic heterocycles. The molecule has 128 valence electrons. The lowest BCUT2D eigenvalue weighted by molar-refractivity contribution is -0.184. The van der Waals surface area contributed by atoms with E-state index in [2.05, 4.69) is 10.6 Å². The van der Waals surface area contributed by atoms with E-state index >= 15 is 0 Å². The molecule has 2 aliphatic rings. The van der Waals surface area contributed by atoms with E-state index < -0.39 is 12.2 Å². The molecule has 0 aromatic rings. The molecule has 1 atom stereocenters. The first-order valence-electron chi connectivity index (χ1n) is 8.25. The molecule has 0 aromatic heterocycles. The van der Waals surface area contributed by atoms with Gasteiger partial charge in [0.2, 0.25) is 5.91 Å². The van der Waals surface area contributed by atoms with Crippen molar-refractivity contribution in [3.05, 3.63) is 0 Å². The van der Waals surface area contributed by atoms with Gasteiger partial charge in [-0.2, -0.15) is 13.2 Å². The first-order chi connectivity index (χ1) is 10.5. The zero-order chi connectivity index (χ0) is 16.0. The Kier molecular flexibility index (Phi) is 6.50. The molecule has 0 radical (unpaired) electrons. The fraction of sp³-hybridized carbons (Fsp3) is 0.933. The molecule has 4 nitrogen and oxygen atoms in total. The lowest BCUT2D eigenvalue weighted by Crippen LogP contribution is -2.57. The van der Waals surface area contributed by atoms with E-state index in [4.69, 9.17) is 0 Å². The predicted molar refractivity (Wildman–Crippen MR) is 78.5 cm³/mol. The SMILES string of the molecule is O=C(CCC1CCCC1)NCC(N1CCNCC1)C(F)(F)F. The number of amides is 1. The fourth-order valence-electron chi connectivity index (χ4n) is 3.38. The molecule has 2 N–H and O–H groups in total. The molecular weight excluding hydrogens is 295 g/mol. The molecule has 1 amide bonds. The molecule has 0 aromatic carbocycles. The average Bonchev–Trinajstić information content (AvgIpc) is 2.98. The van der Waals surface area contributed by atoms with Gasteiger partial charge in [-0.15, -0.1) is 0 Å². The van der Waals surface area contributed by atoms with E-state index in [1.54, 1.807) is 0 Å². The maximum absolute atomic E-state index is 13.2. The molecule has 0 spiro atoms. The number of piperazine rings is 1. The molecule has 2 fully saturated rings. The largest absolute Gasteiger partial charge is 0.405 e. The van der Waals surface area contributed by atoms with Crippen molar-refractivity contribution >= 4 is 5.91 Å². The highest BCUT2D eigenvalue weighted by Crippen LogP contribution is 2.28. The van der Waals surface area contributed by atoms with Gasteiger partial charge < -0.3 is 10.6 Å². The van der Waals surface area contributed by atoms with Gasteiger partial charge in [0.25, 0.3) is 0 Å². The predicted octanol–water partition coefficient (Wildman–Crippen LogP) is 1.91. The molecule has 1 saturated carbocycles. The third-order valence-corrected chi connectivity index (χ3v) is 4.72. The van der Waals surface area contributed by atoms with Gasteiger partial charge in [0, 0.05) is 39.1 Å². The summed E-state index contributed by atoms with van der Waals surface area (Å²) in [6.07, 6.45) is 1.57. The Morgan fingerprint density at radius 2 is 1.86 bits per heavy atom. The molecule has 0 bridgehead atoms. The molecular formula is C15H26F3N3O. The second kappa shape index (κ2) is 8.15. The summed E-state index contributed by atoms with van der Waals surface area (Å²) in [5.41, 5.74) is 0. The van der Waals surface area contributed by atoms with Crippen molar-refractivity contribution in [3.63, 3.8) is 0 Å². The van der Waals surface area contributed by atoms with Crippen LogP contribution in [0.15, 0.2) is 0 Å². The topological polar surface area (TPSA) is 44.4 Å². The van der Waals surface area contributed by atoms with E-state index in [-0.39, 0.29) is 12.5 Å². The molecule has 7 heteroatoms. The average molecular weight is 321 g/mol.